The minimum atomic E-state index is -0.206. The Labute approximate surface area is 270 Å². The fourth-order valence-electron chi connectivity index (χ4n) is 8.24. The topological polar surface area (TPSA) is 82.5 Å². The first kappa shape index (κ1) is 30.5. The number of nitrogens with one attached hydrogen (secondary N) is 1. The number of rotatable bonds is 7. The van der Waals surface area contributed by atoms with Crippen molar-refractivity contribution in [1.82, 2.24) is 29.5 Å². The largest absolute Gasteiger partial charge is 0.489 e. The van der Waals surface area contributed by atoms with Crippen LogP contribution in [0.5, 0.6) is 5.75 Å². The van der Waals surface area contributed by atoms with Gasteiger partial charge in [0.25, 0.3) is 0 Å². The van der Waals surface area contributed by atoms with Gasteiger partial charge in [0, 0.05) is 53.4 Å². The lowest BCUT2D eigenvalue weighted by Gasteiger charge is -2.43. The molecule has 10 heteroatoms. The number of anilines is 1. The van der Waals surface area contributed by atoms with Gasteiger partial charge in [-0.15, -0.1) is 0 Å². The molecular formula is C35H46ClN7O2. The molecule has 3 saturated heterocycles. The van der Waals surface area contributed by atoms with E-state index in [1.54, 1.807) is 6.20 Å². The van der Waals surface area contributed by atoms with Crippen molar-refractivity contribution in [2.24, 2.45) is 0 Å². The van der Waals surface area contributed by atoms with Crippen molar-refractivity contribution in [2.75, 3.05) is 38.2 Å². The average molecular weight is 632 g/mol. The third-order valence-electron chi connectivity index (χ3n) is 10.7. The Hall–Kier alpha value is -3.14. The van der Waals surface area contributed by atoms with Crippen LogP contribution in [0.3, 0.4) is 0 Å². The third kappa shape index (κ3) is 5.61. The molecule has 3 fully saturated rings. The fraction of sp³-hybridized carbons (Fsp3) is 0.571. The molecule has 3 aromatic rings. The molecular weight excluding hydrogens is 586 g/mol. The molecule has 0 spiro atoms. The van der Waals surface area contributed by atoms with E-state index in [-0.39, 0.29) is 17.8 Å². The Balaban J connectivity index is 1.33. The molecule has 4 aliphatic heterocycles. The molecule has 5 atom stereocenters. The van der Waals surface area contributed by atoms with Gasteiger partial charge in [-0.1, -0.05) is 30.2 Å². The Morgan fingerprint density at radius 1 is 1.13 bits per heavy atom. The number of piperidine rings is 1. The number of piperazine rings is 1. The molecule has 0 saturated carbocycles. The van der Waals surface area contributed by atoms with Crippen LogP contribution in [0.15, 0.2) is 29.2 Å². The molecule has 0 radical (unpaired) electrons. The second-order valence-electron chi connectivity index (χ2n) is 13.6. The van der Waals surface area contributed by atoms with Crippen molar-refractivity contribution < 1.29 is 4.74 Å². The van der Waals surface area contributed by atoms with Gasteiger partial charge in [0.15, 0.2) is 5.75 Å². The quantitative estimate of drug-likeness (QED) is 0.418. The van der Waals surface area contributed by atoms with Crippen LogP contribution in [0.2, 0.25) is 5.02 Å². The Kier molecular flexibility index (Phi) is 8.52. The van der Waals surface area contributed by atoms with Crippen molar-refractivity contribution in [2.45, 2.75) is 95.9 Å². The van der Waals surface area contributed by atoms with Gasteiger partial charge in [0.2, 0.25) is 0 Å². The molecule has 1 N–H and O–H groups in total. The minimum absolute atomic E-state index is 0.0816. The van der Waals surface area contributed by atoms with Crippen LogP contribution in [0.25, 0.3) is 23.1 Å². The highest BCUT2D eigenvalue weighted by Gasteiger charge is 2.37. The second-order valence-corrected chi connectivity index (χ2v) is 14.0. The number of benzene rings is 1. The zero-order chi connectivity index (χ0) is 31.2. The van der Waals surface area contributed by atoms with Gasteiger partial charge in [-0.3, -0.25) is 19.5 Å². The van der Waals surface area contributed by atoms with Crippen LogP contribution in [0, 0.1) is 0 Å². The zero-order valence-electron chi connectivity index (χ0n) is 27.0. The molecule has 7 rings (SSSR count). The van der Waals surface area contributed by atoms with Gasteiger partial charge in [0.1, 0.15) is 12.4 Å². The molecule has 2 aromatic heterocycles. The van der Waals surface area contributed by atoms with Crippen molar-refractivity contribution in [3.05, 3.63) is 56.1 Å². The summed E-state index contributed by atoms with van der Waals surface area (Å²) in [7, 11) is 2.16. The summed E-state index contributed by atoms with van der Waals surface area (Å²) in [6.07, 6.45) is 18.3. The summed E-state index contributed by atoms with van der Waals surface area (Å²) in [5, 5.41) is 10.6. The predicted octanol–water partition coefficient (Wildman–Crippen LogP) is 4.22. The summed E-state index contributed by atoms with van der Waals surface area (Å²) in [4.78, 5) is 26.3. The number of halogens is 1. The number of nitrogens with zero attached hydrogens (tertiary/aromatic N) is 6. The van der Waals surface area contributed by atoms with E-state index in [2.05, 4.69) is 45.8 Å². The molecule has 4 aliphatic rings. The predicted molar refractivity (Wildman–Crippen MR) is 182 cm³/mol. The summed E-state index contributed by atoms with van der Waals surface area (Å²) in [5.41, 5.74) is 1.35. The lowest BCUT2D eigenvalue weighted by Crippen LogP contribution is -2.55. The molecule has 240 valence electrons. The van der Waals surface area contributed by atoms with Crippen LogP contribution in [0.4, 0.5) is 5.82 Å². The summed E-state index contributed by atoms with van der Waals surface area (Å²) < 4.78 is 8.57. The summed E-state index contributed by atoms with van der Waals surface area (Å²) in [6, 6.07) is 3.93. The average Bonchev–Trinajstić information content (AvgIpc) is 3.55. The van der Waals surface area contributed by atoms with Gasteiger partial charge < -0.3 is 9.64 Å². The van der Waals surface area contributed by atoms with Crippen LogP contribution in [0.1, 0.15) is 77.3 Å². The third-order valence-corrected chi connectivity index (χ3v) is 11.1. The van der Waals surface area contributed by atoms with Gasteiger partial charge >= 0.3 is 5.69 Å². The van der Waals surface area contributed by atoms with E-state index in [0.29, 0.717) is 29.2 Å². The van der Waals surface area contributed by atoms with Gasteiger partial charge in [0.05, 0.1) is 28.1 Å². The number of hydrogen-bond donors (Lipinski definition) is 1. The molecule has 0 amide bonds. The number of ether oxygens (including phenoxy) is 1. The van der Waals surface area contributed by atoms with Gasteiger partial charge in [-0.25, -0.2) is 4.79 Å². The Morgan fingerprint density at radius 3 is 2.71 bits per heavy atom. The first-order valence-corrected chi connectivity index (χ1v) is 17.2. The summed E-state index contributed by atoms with van der Waals surface area (Å²) in [5.74, 6) is 1.35. The standard InChI is InChI=1S/C35H46ClN7O2/c1-5-6-12-31-24(18-37-39-31)16-28-30(36)17-29-32-33(28)45-21-27(11-8-15-41-25-9-7-10-26(41)14-13-25)43(32)35(44)38-34(29)42-20-22(2)40(4)19-23(42)3/h5-6,12,16-18,22-23,25-27,39H,7-11,13-15,19-21H2,1-4H3/b6-5+,24-16+,31-12+/t22-,23+,25?,26?,27+/m1/s1. The van der Waals surface area contributed by atoms with E-state index in [1.807, 2.05) is 41.9 Å². The molecule has 2 unspecified atom stereocenters. The van der Waals surface area contributed by atoms with E-state index < -0.39 is 0 Å². The van der Waals surface area contributed by atoms with Crippen molar-refractivity contribution >= 4 is 40.5 Å². The lowest BCUT2D eigenvalue weighted by atomic mass is 10.0. The van der Waals surface area contributed by atoms with E-state index >= 15 is 0 Å². The lowest BCUT2D eigenvalue weighted by molar-refractivity contribution is 0.132. The second kappa shape index (κ2) is 12.6. The molecule has 45 heavy (non-hydrogen) atoms. The first-order valence-electron chi connectivity index (χ1n) is 16.8. The van der Waals surface area contributed by atoms with Crippen LogP contribution in [-0.4, -0.2) is 87.0 Å². The minimum Gasteiger partial charge on any atom is -0.489 e. The molecule has 2 bridgehead atoms. The monoisotopic (exact) mass is 631 g/mol. The number of allylic oxidation sites excluding steroid dienone is 2. The number of fused-ring (bicyclic) bond motifs is 2. The summed E-state index contributed by atoms with van der Waals surface area (Å²) >= 11 is 7.10. The number of aromatic amines is 1. The SMILES string of the molecule is C/C=C/C=c1/[nH]nc/c1=C\c1c(Cl)cc2c(N3C[C@@H](C)N(C)C[C@@H]3C)nc(=O)n3c2c1OC[C@@H]3CCCN1C2CCCC1CC2. The van der Waals surface area contributed by atoms with E-state index in [0.717, 1.165) is 71.6 Å². The number of aromatic nitrogens is 4. The van der Waals surface area contributed by atoms with Crippen molar-refractivity contribution in [1.29, 1.82) is 0 Å². The normalized spacial score (nSPS) is 28.1. The number of H-pyrrole nitrogens is 1. The van der Waals surface area contributed by atoms with E-state index in [1.165, 1.54) is 32.1 Å². The van der Waals surface area contributed by atoms with E-state index in [9.17, 15) is 4.79 Å². The van der Waals surface area contributed by atoms with Crippen LogP contribution in [-0.2, 0) is 0 Å². The van der Waals surface area contributed by atoms with Crippen LogP contribution >= 0.6 is 11.6 Å². The maximum atomic E-state index is 14.1. The number of likely N-dealkylation sites (N-methyl/N-ethyl adjacent to an activating group) is 1. The first-order chi connectivity index (χ1) is 21.8. The smallest absolute Gasteiger partial charge is 0.350 e. The number of hydrogen-bond acceptors (Lipinski definition) is 7. The van der Waals surface area contributed by atoms with Crippen LogP contribution < -0.4 is 25.9 Å². The fourth-order valence-corrected chi connectivity index (χ4v) is 8.49. The maximum absolute atomic E-state index is 14.1. The zero-order valence-corrected chi connectivity index (χ0v) is 27.8. The molecule has 6 heterocycles. The molecule has 0 aliphatic carbocycles. The van der Waals surface area contributed by atoms with Crippen molar-refractivity contribution in [3.63, 3.8) is 0 Å². The summed E-state index contributed by atoms with van der Waals surface area (Å²) in [6.45, 7) is 9.58. The van der Waals surface area contributed by atoms with Crippen molar-refractivity contribution in [3.8, 4) is 5.75 Å². The van der Waals surface area contributed by atoms with E-state index in [4.69, 9.17) is 21.3 Å². The Bertz CT molecular complexity index is 1760. The highest BCUT2D eigenvalue weighted by molar-refractivity contribution is 6.33. The molecule has 1 aromatic carbocycles. The highest BCUT2D eigenvalue weighted by Crippen LogP contribution is 2.43. The Morgan fingerprint density at radius 2 is 1.93 bits per heavy atom. The van der Waals surface area contributed by atoms with Gasteiger partial charge in [-0.2, -0.15) is 10.1 Å². The maximum Gasteiger partial charge on any atom is 0.350 e. The highest BCUT2D eigenvalue weighted by atomic mass is 35.5. The molecule has 9 nitrogen and oxygen atoms in total. The van der Waals surface area contributed by atoms with Gasteiger partial charge in [-0.05, 0) is 91.1 Å².